The van der Waals surface area contributed by atoms with Gasteiger partial charge in [0.15, 0.2) is 5.96 Å². The van der Waals surface area contributed by atoms with E-state index in [2.05, 4.69) is 28.7 Å². The molecule has 6 nitrogen and oxygen atoms in total. The summed E-state index contributed by atoms with van der Waals surface area (Å²) in [6.07, 6.45) is 9.51. The molecule has 1 aromatic heterocycles. The first-order valence-corrected chi connectivity index (χ1v) is 10.6. The summed E-state index contributed by atoms with van der Waals surface area (Å²) in [6, 6.07) is 3.93. The quantitative estimate of drug-likeness (QED) is 0.338. The minimum atomic E-state index is 0.737. The lowest BCUT2D eigenvalue weighted by Gasteiger charge is -2.34. The highest BCUT2D eigenvalue weighted by Crippen LogP contribution is 2.22. The Morgan fingerprint density at radius 3 is 2.93 bits per heavy atom. The van der Waals surface area contributed by atoms with Gasteiger partial charge >= 0.3 is 0 Å². The van der Waals surface area contributed by atoms with Crippen LogP contribution >= 0.6 is 0 Å². The number of rotatable bonds is 12. The third kappa shape index (κ3) is 8.48. The average molecular weight is 391 g/mol. The zero-order chi connectivity index (χ0) is 20.0. The summed E-state index contributed by atoms with van der Waals surface area (Å²) in [5.74, 6) is 2.82. The number of nitrogens with zero attached hydrogens (tertiary/aromatic N) is 3. The SMILES string of the molecule is C=CCNC(=NCCc1ccco1)N1CCC(CCCN(C)CCOC)CC1. The number of likely N-dealkylation sites (tertiary alicyclic amines) is 1. The van der Waals surface area contributed by atoms with Crippen LogP contribution in [0.25, 0.3) is 0 Å². The predicted octanol–water partition coefficient (Wildman–Crippen LogP) is 3.02. The summed E-state index contributed by atoms with van der Waals surface area (Å²) in [5.41, 5.74) is 0. The molecule has 1 aromatic rings. The summed E-state index contributed by atoms with van der Waals surface area (Å²) in [7, 11) is 3.94. The van der Waals surface area contributed by atoms with Gasteiger partial charge in [-0.1, -0.05) is 6.08 Å². The summed E-state index contributed by atoms with van der Waals surface area (Å²) in [6.45, 7) is 10.4. The van der Waals surface area contributed by atoms with E-state index >= 15 is 0 Å². The van der Waals surface area contributed by atoms with Gasteiger partial charge in [-0.2, -0.15) is 0 Å². The van der Waals surface area contributed by atoms with Crippen LogP contribution < -0.4 is 5.32 Å². The molecule has 1 fully saturated rings. The number of aliphatic imine (C=N–C) groups is 1. The van der Waals surface area contributed by atoms with E-state index < -0.39 is 0 Å². The minimum Gasteiger partial charge on any atom is -0.469 e. The van der Waals surface area contributed by atoms with Gasteiger partial charge < -0.3 is 24.3 Å². The number of methoxy groups -OCH3 is 1. The van der Waals surface area contributed by atoms with E-state index in [1.54, 1.807) is 13.4 Å². The highest BCUT2D eigenvalue weighted by Gasteiger charge is 2.21. The van der Waals surface area contributed by atoms with Crippen molar-refractivity contribution < 1.29 is 9.15 Å². The maximum atomic E-state index is 5.40. The van der Waals surface area contributed by atoms with Crippen LogP contribution in [0, 0.1) is 5.92 Å². The van der Waals surface area contributed by atoms with Gasteiger partial charge in [-0.15, -0.1) is 6.58 Å². The Hall–Kier alpha value is -1.79. The van der Waals surface area contributed by atoms with Crippen LogP contribution in [-0.4, -0.2) is 75.8 Å². The fourth-order valence-electron chi connectivity index (χ4n) is 3.60. The van der Waals surface area contributed by atoms with Crippen molar-refractivity contribution in [3.8, 4) is 0 Å². The van der Waals surface area contributed by atoms with Gasteiger partial charge in [0.25, 0.3) is 0 Å². The maximum Gasteiger partial charge on any atom is 0.194 e. The Labute approximate surface area is 170 Å². The van der Waals surface area contributed by atoms with Crippen molar-refractivity contribution in [2.24, 2.45) is 10.9 Å². The van der Waals surface area contributed by atoms with E-state index in [0.29, 0.717) is 0 Å². The van der Waals surface area contributed by atoms with E-state index in [-0.39, 0.29) is 0 Å². The second-order valence-electron chi connectivity index (χ2n) is 7.57. The van der Waals surface area contributed by atoms with E-state index in [1.165, 1.54) is 25.7 Å². The molecule has 1 aliphatic rings. The molecule has 158 valence electrons. The van der Waals surface area contributed by atoms with Crippen molar-refractivity contribution in [2.75, 3.05) is 60.0 Å². The standard InChI is InChI=1S/C22H38N4O2/c1-4-12-23-22(24-13-9-21-8-6-18-28-21)26-15-10-20(11-16-26)7-5-14-25(2)17-19-27-3/h4,6,8,18,20H,1,5,7,9-17,19H2,2-3H3,(H,23,24). The molecule has 28 heavy (non-hydrogen) atoms. The third-order valence-corrected chi connectivity index (χ3v) is 5.35. The fraction of sp³-hybridized carbons (Fsp3) is 0.682. The highest BCUT2D eigenvalue weighted by atomic mass is 16.5. The van der Waals surface area contributed by atoms with Crippen molar-refractivity contribution >= 4 is 5.96 Å². The van der Waals surface area contributed by atoms with Crippen molar-refractivity contribution in [3.05, 3.63) is 36.8 Å². The van der Waals surface area contributed by atoms with Crippen LogP contribution in [0.4, 0.5) is 0 Å². The van der Waals surface area contributed by atoms with Crippen LogP contribution in [0.2, 0.25) is 0 Å². The molecular formula is C22H38N4O2. The van der Waals surface area contributed by atoms with E-state index in [1.807, 2.05) is 18.2 Å². The molecule has 0 bridgehead atoms. The number of hydrogen-bond donors (Lipinski definition) is 1. The predicted molar refractivity (Wildman–Crippen MR) is 116 cm³/mol. The number of likely N-dealkylation sites (N-methyl/N-ethyl adjacent to an activating group) is 1. The molecule has 0 amide bonds. The van der Waals surface area contributed by atoms with Crippen LogP contribution in [0.3, 0.4) is 0 Å². The Kier molecular flexibility index (Phi) is 10.8. The number of ether oxygens (including phenoxy) is 1. The van der Waals surface area contributed by atoms with Crippen molar-refractivity contribution in [2.45, 2.75) is 32.1 Å². The molecule has 0 spiro atoms. The molecule has 0 saturated carbocycles. The highest BCUT2D eigenvalue weighted by molar-refractivity contribution is 5.80. The van der Waals surface area contributed by atoms with E-state index in [4.69, 9.17) is 14.1 Å². The first-order valence-electron chi connectivity index (χ1n) is 10.6. The lowest BCUT2D eigenvalue weighted by atomic mass is 9.92. The van der Waals surface area contributed by atoms with Gasteiger partial charge in [0.05, 0.1) is 12.9 Å². The normalized spacial score (nSPS) is 16.0. The summed E-state index contributed by atoms with van der Waals surface area (Å²) < 4.78 is 10.5. The lowest BCUT2D eigenvalue weighted by Crippen LogP contribution is -2.46. The van der Waals surface area contributed by atoms with Crippen LogP contribution in [0.5, 0.6) is 0 Å². The van der Waals surface area contributed by atoms with Crippen molar-refractivity contribution in [1.82, 2.24) is 15.1 Å². The zero-order valence-electron chi connectivity index (χ0n) is 17.7. The zero-order valence-corrected chi connectivity index (χ0v) is 17.7. The first-order chi connectivity index (χ1) is 13.7. The lowest BCUT2D eigenvalue weighted by molar-refractivity contribution is 0.158. The maximum absolute atomic E-state index is 5.40. The number of nitrogens with one attached hydrogen (secondary N) is 1. The smallest absolute Gasteiger partial charge is 0.194 e. The molecule has 1 N–H and O–H groups in total. The van der Waals surface area contributed by atoms with Crippen molar-refractivity contribution in [3.63, 3.8) is 0 Å². The minimum absolute atomic E-state index is 0.737. The summed E-state index contributed by atoms with van der Waals surface area (Å²) in [5, 5.41) is 3.42. The molecular weight excluding hydrogens is 352 g/mol. The van der Waals surface area contributed by atoms with Gasteiger partial charge in [-0.25, -0.2) is 0 Å². The molecule has 0 atom stereocenters. The second-order valence-corrected chi connectivity index (χ2v) is 7.57. The van der Waals surface area contributed by atoms with Gasteiger partial charge in [0, 0.05) is 46.3 Å². The van der Waals surface area contributed by atoms with Crippen LogP contribution in [0.15, 0.2) is 40.5 Å². The number of furan rings is 1. The Morgan fingerprint density at radius 2 is 2.25 bits per heavy atom. The molecule has 0 aromatic carbocycles. The third-order valence-electron chi connectivity index (χ3n) is 5.35. The monoisotopic (exact) mass is 390 g/mol. The Morgan fingerprint density at radius 1 is 1.43 bits per heavy atom. The molecule has 0 radical (unpaired) electrons. The topological polar surface area (TPSA) is 53.2 Å². The van der Waals surface area contributed by atoms with Gasteiger partial charge in [-0.3, -0.25) is 4.99 Å². The van der Waals surface area contributed by atoms with Crippen LogP contribution in [-0.2, 0) is 11.2 Å². The van der Waals surface area contributed by atoms with Gasteiger partial charge in [0.1, 0.15) is 5.76 Å². The molecule has 2 heterocycles. The molecule has 2 rings (SSSR count). The van der Waals surface area contributed by atoms with Crippen LogP contribution in [0.1, 0.15) is 31.4 Å². The van der Waals surface area contributed by atoms with Gasteiger partial charge in [0.2, 0.25) is 0 Å². The van der Waals surface area contributed by atoms with E-state index in [0.717, 1.165) is 69.9 Å². The molecule has 1 saturated heterocycles. The molecule has 6 heteroatoms. The Bertz CT molecular complexity index is 551. The second kappa shape index (κ2) is 13.4. The molecule has 0 aliphatic carbocycles. The number of hydrogen-bond acceptors (Lipinski definition) is 4. The molecule has 1 aliphatic heterocycles. The number of guanidine groups is 1. The number of piperidine rings is 1. The fourth-order valence-corrected chi connectivity index (χ4v) is 3.60. The average Bonchev–Trinajstić information content (AvgIpc) is 3.23. The summed E-state index contributed by atoms with van der Waals surface area (Å²) >= 11 is 0. The molecule has 0 unspecified atom stereocenters. The van der Waals surface area contributed by atoms with Gasteiger partial charge in [-0.05, 0) is 57.3 Å². The summed E-state index contributed by atoms with van der Waals surface area (Å²) in [4.78, 5) is 9.56. The van der Waals surface area contributed by atoms with E-state index in [9.17, 15) is 0 Å². The Balaban J connectivity index is 1.71. The first kappa shape index (κ1) is 22.5. The largest absolute Gasteiger partial charge is 0.469 e. The van der Waals surface area contributed by atoms with Crippen molar-refractivity contribution in [1.29, 1.82) is 0 Å².